The summed E-state index contributed by atoms with van der Waals surface area (Å²) < 4.78 is 5.65. The monoisotopic (exact) mass is 255 g/mol. The van der Waals surface area contributed by atoms with Gasteiger partial charge in [-0.3, -0.25) is 0 Å². The van der Waals surface area contributed by atoms with Crippen molar-refractivity contribution < 1.29 is 9.84 Å². The molecule has 1 aliphatic heterocycles. The number of hydrogen-bond donors (Lipinski definition) is 2. The second-order valence-corrected chi connectivity index (χ2v) is 6.77. The molecule has 0 aromatic carbocycles. The van der Waals surface area contributed by atoms with Crippen molar-refractivity contribution in [3.05, 3.63) is 0 Å². The zero-order chi connectivity index (χ0) is 13.2. The third-order valence-electron chi connectivity index (χ3n) is 5.41. The molecule has 0 aromatic rings. The lowest BCUT2D eigenvalue weighted by atomic mass is 9.59. The summed E-state index contributed by atoms with van der Waals surface area (Å²) in [5.41, 5.74) is 5.24. The lowest BCUT2D eigenvalue weighted by Crippen LogP contribution is -2.59. The molecule has 2 fully saturated rings. The average Bonchev–Trinajstić information content (AvgIpc) is 2.39. The molecule has 3 atom stereocenters. The van der Waals surface area contributed by atoms with E-state index in [9.17, 15) is 5.11 Å². The summed E-state index contributed by atoms with van der Waals surface area (Å²) in [6, 6.07) is 0. The van der Waals surface area contributed by atoms with Gasteiger partial charge in [0.2, 0.25) is 0 Å². The zero-order valence-corrected chi connectivity index (χ0v) is 12.0. The van der Waals surface area contributed by atoms with Crippen LogP contribution in [0, 0.1) is 17.3 Å². The molecule has 2 rings (SSSR count). The molecule has 1 saturated carbocycles. The summed E-state index contributed by atoms with van der Waals surface area (Å²) in [5, 5.41) is 11.2. The molecule has 0 aromatic heterocycles. The van der Waals surface area contributed by atoms with Crippen LogP contribution in [0.25, 0.3) is 0 Å². The van der Waals surface area contributed by atoms with Crippen LogP contribution < -0.4 is 5.73 Å². The fraction of sp³-hybridized carbons (Fsp3) is 1.00. The van der Waals surface area contributed by atoms with Gasteiger partial charge in [-0.05, 0) is 43.9 Å². The normalized spacial score (nSPS) is 42.2. The SMILES string of the molecule is CC(C)C1CCCC(O)(C2(CN)CCCOC2)C1. The third-order valence-corrected chi connectivity index (χ3v) is 5.41. The fourth-order valence-electron chi connectivity index (χ4n) is 3.92. The van der Waals surface area contributed by atoms with Gasteiger partial charge in [0.15, 0.2) is 0 Å². The van der Waals surface area contributed by atoms with Crippen molar-refractivity contribution >= 4 is 0 Å². The van der Waals surface area contributed by atoms with E-state index in [-0.39, 0.29) is 5.41 Å². The fourth-order valence-corrected chi connectivity index (χ4v) is 3.92. The molecular formula is C15H29NO2. The predicted octanol–water partition coefficient (Wildman–Crippen LogP) is 2.32. The molecular weight excluding hydrogens is 226 g/mol. The Balaban J connectivity index is 2.16. The summed E-state index contributed by atoms with van der Waals surface area (Å²) >= 11 is 0. The Morgan fingerprint density at radius 3 is 2.67 bits per heavy atom. The highest BCUT2D eigenvalue weighted by Crippen LogP contribution is 2.49. The molecule has 1 saturated heterocycles. The zero-order valence-electron chi connectivity index (χ0n) is 12.0. The van der Waals surface area contributed by atoms with Crippen molar-refractivity contribution in [1.29, 1.82) is 0 Å². The first kappa shape index (κ1) is 14.3. The third kappa shape index (κ3) is 2.45. The van der Waals surface area contributed by atoms with Crippen molar-refractivity contribution in [2.45, 2.75) is 58.0 Å². The number of aliphatic hydroxyl groups is 1. The molecule has 0 amide bonds. The minimum absolute atomic E-state index is 0.196. The molecule has 1 heterocycles. The average molecular weight is 255 g/mol. The summed E-state index contributed by atoms with van der Waals surface area (Å²) in [4.78, 5) is 0. The van der Waals surface area contributed by atoms with Crippen molar-refractivity contribution in [1.82, 2.24) is 0 Å². The van der Waals surface area contributed by atoms with Crippen LogP contribution in [0.15, 0.2) is 0 Å². The van der Waals surface area contributed by atoms with Gasteiger partial charge >= 0.3 is 0 Å². The highest BCUT2D eigenvalue weighted by Gasteiger charge is 2.52. The summed E-state index contributed by atoms with van der Waals surface area (Å²) in [5.74, 6) is 1.28. The van der Waals surface area contributed by atoms with E-state index in [1.54, 1.807) is 0 Å². The largest absolute Gasteiger partial charge is 0.389 e. The quantitative estimate of drug-likeness (QED) is 0.813. The molecule has 2 aliphatic rings. The maximum absolute atomic E-state index is 11.2. The molecule has 3 nitrogen and oxygen atoms in total. The minimum atomic E-state index is -0.602. The van der Waals surface area contributed by atoms with Crippen molar-refractivity contribution in [3.8, 4) is 0 Å². The Labute approximate surface area is 111 Å². The summed E-state index contributed by atoms with van der Waals surface area (Å²) in [6.45, 7) is 6.55. The van der Waals surface area contributed by atoms with Gasteiger partial charge in [-0.2, -0.15) is 0 Å². The van der Waals surface area contributed by atoms with E-state index in [0.717, 1.165) is 38.7 Å². The first-order chi connectivity index (χ1) is 8.53. The molecule has 18 heavy (non-hydrogen) atoms. The van der Waals surface area contributed by atoms with Gasteiger partial charge in [0.05, 0.1) is 12.2 Å². The second-order valence-electron chi connectivity index (χ2n) is 6.77. The van der Waals surface area contributed by atoms with Crippen LogP contribution in [0.2, 0.25) is 0 Å². The first-order valence-electron chi connectivity index (χ1n) is 7.53. The van der Waals surface area contributed by atoms with Crippen LogP contribution in [-0.2, 0) is 4.74 Å². The molecule has 3 heteroatoms. The summed E-state index contributed by atoms with van der Waals surface area (Å²) in [6.07, 6.45) is 6.24. The molecule has 3 unspecified atom stereocenters. The van der Waals surface area contributed by atoms with Gasteiger partial charge in [-0.15, -0.1) is 0 Å². The van der Waals surface area contributed by atoms with E-state index in [0.29, 0.717) is 25.0 Å². The highest BCUT2D eigenvalue weighted by molar-refractivity contribution is 5.03. The lowest BCUT2D eigenvalue weighted by molar-refractivity contribution is -0.169. The van der Waals surface area contributed by atoms with Gasteiger partial charge in [-0.25, -0.2) is 0 Å². The van der Waals surface area contributed by atoms with Crippen LogP contribution in [0.4, 0.5) is 0 Å². The maximum Gasteiger partial charge on any atom is 0.0740 e. The highest BCUT2D eigenvalue weighted by atomic mass is 16.5. The lowest BCUT2D eigenvalue weighted by Gasteiger charge is -2.52. The van der Waals surface area contributed by atoms with E-state index in [1.807, 2.05) is 0 Å². The molecule has 0 radical (unpaired) electrons. The van der Waals surface area contributed by atoms with E-state index in [4.69, 9.17) is 10.5 Å². The molecule has 1 aliphatic carbocycles. The van der Waals surface area contributed by atoms with Crippen molar-refractivity contribution in [3.63, 3.8) is 0 Å². The topological polar surface area (TPSA) is 55.5 Å². The number of rotatable bonds is 3. The maximum atomic E-state index is 11.2. The number of hydrogen-bond acceptors (Lipinski definition) is 3. The molecule has 3 N–H and O–H groups in total. The Hall–Kier alpha value is -0.120. The molecule has 106 valence electrons. The van der Waals surface area contributed by atoms with E-state index in [1.165, 1.54) is 6.42 Å². The van der Waals surface area contributed by atoms with Crippen LogP contribution in [0.1, 0.15) is 52.4 Å². The van der Waals surface area contributed by atoms with Crippen molar-refractivity contribution in [2.24, 2.45) is 23.0 Å². The second kappa shape index (κ2) is 5.48. The number of ether oxygens (including phenoxy) is 1. The Morgan fingerprint density at radius 1 is 1.33 bits per heavy atom. The Kier molecular flexibility index (Phi) is 4.35. The first-order valence-corrected chi connectivity index (χ1v) is 7.53. The van der Waals surface area contributed by atoms with E-state index in [2.05, 4.69) is 13.8 Å². The Bertz CT molecular complexity index is 274. The van der Waals surface area contributed by atoms with E-state index >= 15 is 0 Å². The standard InChI is InChI=1S/C15H29NO2/c1-12(2)13-5-3-7-15(17,9-13)14(10-16)6-4-8-18-11-14/h12-13,17H,3-11,16H2,1-2H3. The van der Waals surface area contributed by atoms with Gasteiger partial charge in [0.1, 0.15) is 0 Å². The van der Waals surface area contributed by atoms with Crippen LogP contribution in [0.3, 0.4) is 0 Å². The minimum Gasteiger partial charge on any atom is -0.389 e. The van der Waals surface area contributed by atoms with Gasteiger partial charge in [0, 0.05) is 18.6 Å². The summed E-state index contributed by atoms with van der Waals surface area (Å²) in [7, 11) is 0. The van der Waals surface area contributed by atoms with Gasteiger partial charge < -0.3 is 15.6 Å². The molecule has 0 spiro atoms. The van der Waals surface area contributed by atoms with Gasteiger partial charge in [0.25, 0.3) is 0 Å². The van der Waals surface area contributed by atoms with E-state index < -0.39 is 5.60 Å². The van der Waals surface area contributed by atoms with Crippen molar-refractivity contribution in [2.75, 3.05) is 19.8 Å². The van der Waals surface area contributed by atoms with Gasteiger partial charge in [-0.1, -0.05) is 20.3 Å². The van der Waals surface area contributed by atoms with Crippen LogP contribution >= 0.6 is 0 Å². The van der Waals surface area contributed by atoms with Crippen LogP contribution in [0.5, 0.6) is 0 Å². The predicted molar refractivity (Wildman–Crippen MR) is 73.3 cm³/mol. The molecule has 0 bridgehead atoms. The number of nitrogens with two attached hydrogens (primary N) is 1. The Morgan fingerprint density at radius 2 is 2.11 bits per heavy atom. The smallest absolute Gasteiger partial charge is 0.0740 e. The van der Waals surface area contributed by atoms with Crippen LogP contribution in [-0.4, -0.2) is 30.5 Å².